The Kier molecular flexibility index (Phi) is 5.44. The third kappa shape index (κ3) is 4.16. The maximum atomic E-state index is 13.9. The molecule has 0 aliphatic carbocycles. The second-order valence-electron chi connectivity index (χ2n) is 5.63. The Morgan fingerprint density at radius 1 is 0.923 bits per heavy atom. The second kappa shape index (κ2) is 8.12. The molecule has 0 fully saturated rings. The van der Waals surface area contributed by atoms with Gasteiger partial charge in [0.15, 0.2) is 0 Å². The normalized spacial score (nSPS) is 11.1. The van der Waals surface area contributed by atoms with Crippen molar-refractivity contribution in [2.45, 2.75) is 0 Å². The van der Waals surface area contributed by atoms with Crippen LogP contribution in [0.5, 0.6) is 5.75 Å². The van der Waals surface area contributed by atoms with Gasteiger partial charge in [-0.3, -0.25) is 4.79 Å². The Morgan fingerprint density at radius 3 is 2.23 bits per heavy atom. The molecule has 26 heavy (non-hydrogen) atoms. The molecule has 1 N–H and O–H groups in total. The van der Waals surface area contributed by atoms with Crippen LogP contribution in [0.1, 0.15) is 11.1 Å². The smallest absolute Gasteiger partial charge is 0.256 e. The fourth-order valence-corrected chi connectivity index (χ4v) is 2.52. The van der Waals surface area contributed by atoms with E-state index in [9.17, 15) is 9.18 Å². The van der Waals surface area contributed by atoms with E-state index in [1.807, 2.05) is 54.6 Å². The molecule has 3 nitrogen and oxygen atoms in total. The van der Waals surface area contributed by atoms with Crippen molar-refractivity contribution in [2.24, 2.45) is 0 Å². The van der Waals surface area contributed by atoms with Crippen molar-refractivity contribution in [1.29, 1.82) is 0 Å². The minimum absolute atomic E-state index is 0.147. The Morgan fingerprint density at radius 2 is 1.58 bits per heavy atom. The molecule has 3 rings (SSSR count). The molecule has 0 bridgehead atoms. The highest BCUT2D eigenvalue weighted by atomic mass is 19.1. The molecule has 0 aliphatic heterocycles. The molecule has 4 heteroatoms. The highest BCUT2D eigenvalue weighted by Crippen LogP contribution is 2.23. The lowest BCUT2D eigenvalue weighted by Gasteiger charge is -2.10. The minimum Gasteiger partial charge on any atom is -0.497 e. The van der Waals surface area contributed by atoms with Crippen molar-refractivity contribution in [3.63, 3.8) is 0 Å². The predicted molar refractivity (Wildman–Crippen MR) is 102 cm³/mol. The molecule has 0 radical (unpaired) electrons. The molecule has 0 atom stereocenters. The minimum atomic E-state index is -0.474. The molecule has 1 amide bonds. The molecule has 0 aliphatic rings. The first-order chi connectivity index (χ1) is 12.7. The number of carbonyl (C=O) groups is 1. The van der Waals surface area contributed by atoms with Crippen molar-refractivity contribution >= 4 is 23.2 Å². The zero-order valence-corrected chi connectivity index (χ0v) is 14.3. The maximum Gasteiger partial charge on any atom is 0.256 e. The largest absolute Gasteiger partial charge is 0.497 e. The van der Waals surface area contributed by atoms with E-state index < -0.39 is 5.82 Å². The van der Waals surface area contributed by atoms with Crippen molar-refractivity contribution in [2.75, 3.05) is 12.4 Å². The fraction of sp³-hybridized carbons (Fsp3) is 0.0455. The lowest BCUT2D eigenvalue weighted by molar-refractivity contribution is -0.111. The van der Waals surface area contributed by atoms with Gasteiger partial charge in [0.05, 0.1) is 12.8 Å². The molecule has 130 valence electrons. The number of anilines is 1. The molecule has 0 aromatic heterocycles. The molecule has 0 spiro atoms. The van der Waals surface area contributed by atoms with Gasteiger partial charge in [-0.1, -0.05) is 54.6 Å². The van der Waals surface area contributed by atoms with Crippen LogP contribution in [-0.4, -0.2) is 13.0 Å². The molecular formula is C22H18FNO2. The summed E-state index contributed by atoms with van der Waals surface area (Å²) in [6, 6.07) is 22.7. The predicted octanol–water partition coefficient (Wildman–Crippen LogP) is 5.01. The number of hydrogen-bond donors (Lipinski definition) is 1. The molecule has 0 saturated heterocycles. The maximum absolute atomic E-state index is 13.9. The van der Waals surface area contributed by atoms with Crippen molar-refractivity contribution in [3.05, 3.63) is 95.8 Å². The first-order valence-corrected chi connectivity index (χ1v) is 8.14. The van der Waals surface area contributed by atoms with Gasteiger partial charge in [-0.25, -0.2) is 4.39 Å². The van der Waals surface area contributed by atoms with Gasteiger partial charge >= 0.3 is 0 Å². The van der Waals surface area contributed by atoms with E-state index in [1.165, 1.54) is 12.1 Å². The first kappa shape index (κ1) is 17.4. The molecule has 0 heterocycles. The molecule has 3 aromatic carbocycles. The number of nitrogens with one attached hydrogen (secondary N) is 1. The fourth-order valence-electron chi connectivity index (χ4n) is 2.52. The summed E-state index contributed by atoms with van der Waals surface area (Å²) in [5, 5.41) is 2.64. The summed E-state index contributed by atoms with van der Waals surface area (Å²) in [5.41, 5.74) is 2.18. The summed E-state index contributed by atoms with van der Waals surface area (Å²) in [4.78, 5) is 12.8. The molecular weight excluding hydrogens is 329 g/mol. The summed E-state index contributed by atoms with van der Waals surface area (Å²) >= 11 is 0. The van der Waals surface area contributed by atoms with Crippen LogP contribution in [0.15, 0.2) is 78.9 Å². The average molecular weight is 347 g/mol. The van der Waals surface area contributed by atoms with Crippen LogP contribution in [0.3, 0.4) is 0 Å². The van der Waals surface area contributed by atoms with Crippen LogP contribution >= 0.6 is 0 Å². The number of benzene rings is 3. The summed E-state index contributed by atoms with van der Waals surface area (Å²) in [6.07, 6.45) is 1.77. The monoisotopic (exact) mass is 347 g/mol. The number of carbonyl (C=O) groups excluding carboxylic acids is 1. The van der Waals surface area contributed by atoms with Gasteiger partial charge in [0, 0.05) is 5.57 Å². The topological polar surface area (TPSA) is 38.3 Å². The number of ether oxygens (including phenoxy) is 1. The second-order valence-corrected chi connectivity index (χ2v) is 5.63. The number of rotatable bonds is 5. The summed E-state index contributed by atoms with van der Waals surface area (Å²) in [7, 11) is 1.60. The third-order valence-electron chi connectivity index (χ3n) is 3.88. The number of methoxy groups -OCH3 is 1. The first-order valence-electron chi connectivity index (χ1n) is 8.14. The van der Waals surface area contributed by atoms with Crippen molar-refractivity contribution < 1.29 is 13.9 Å². The van der Waals surface area contributed by atoms with Gasteiger partial charge in [-0.05, 0) is 41.5 Å². The summed E-state index contributed by atoms with van der Waals surface area (Å²) in [5.74, 6) is -0.117. The highest BCUT2D eigenvalue weighted by molar-refractivity contribution is 6.29. The van der Waals surface area contributed by atoms with Crippen molar-refractivity contribution in [1.82, 2.24) is 0 Å². The van der Waals surface area contributed by atoms with E-state index in [2.05, 4.69) is 5.32 Å². The van der Waals surface area contributed by atoms with Crippen LogP contribution in [0.25, 0.3) is 11.6 Å². The van der Waals surface area contributed by atoms with E-state index in [1.54, 1.807) is 25.3 Å². The van der Waals surface area contributed by atoms with Gasteiger partial charge in [-0.2, -0.15) is 0 Å². The van der Waals surface area contributed by atoms with Gasteiger partial charge in [-0.15, -0.1) is 0 Å². The van der Waals surface area contributed by atoms with Crippen molar-refractivity contribution in [3.8, 4) is 5.75 Å². The third-order valence-corrected chi connectivity index (χ3v) is 3.88. The van der Waals surface area contributed by atoms with Gasteiger partial charge in [0.2, 0.25) is 0 Å². The van der Waals surface area contributed by atoms with Crippen LogP contribution in [0, 0.1) is 5.82 Å². The molecule has 3 aromatic rings. The lowest BCUT2D eigenvalue weighted by atomic mass is 10.0. The van der Waals surface area contributed by atoms with Gasteiger partial charge in [0.25, 0.3) is 5.91 Å². The average Bonchev–Trinajstić information content (AvgIpc) is 2.69. The molecule has 0 saturated carbocycles. The zero-order valence-electron chi connectivity index (χ0n) is 14.3. The Hall–Kier alpha value is -3.40. The standard InChI is InChI=1S/C22H18FNO2/c1-26-18-13-11-16(12-14-18)15-19(17-7-3-2-4-8-17)22(25)24-21-10-6-5-9-20(21)23/h2-15H,1H3,(H,24,25)/b19-15-. The Labute approximate surface area is 151 Å². The number of halogens is 1. The van der Waals surface area contributed by atoms with Crippen LogP contribution in [-0.2, 0) is 4.79 Å². The van der Waals surface area contributed by atoms with E-state index in [-0.39, 0.29) is 11.6 Å². The Balaban J connectivity index is 1.96. The van der Waals surface area contributed by atoms with Crippen LogP contribution < -0.4 is 10.1 Å². The van der Waals surface area contributed by atoms with E-state index in [0.29, 0.717) is 5.57 Å². The van der Waals surface area contributed by atoms with Gasteiger partial charge in [0.1, 0.15) is 11.6 Å². The van der Waals surface area contributed by atoms with Gasteiger partial charge < -0.3 is 10.1 Å². The lowest BCUT2D eigenvalue weighted by Crippen LogP contribution is -2.14. The Bertz CT molecular complexity index is 918. The van der Waals surface area contributed by atoms with E-state index in [4.69, 9.17) is 4.74 Å². The van der Waals surface area contributed by atoms with E-state index in [0.717, 1.165) is 16.9 Å². The van der Waals surface area contributed by atoms with Crippen LogP contribution in [0.4, 0.5) is 10.1 Å². The number of para-hydroxylation sites is 1. The summed E-state index contributed by atoms with van der Waals surface area (Å²) in [6.45, 7) is 0. The summed E-state index contributed by atoms with van der Waals surface area (Å²) < 4.78 is 19.0. The van der Waals surface area contributed by atoms with E-state index >= 15 is 0 Å². The van der Waals surface area contributed by atoms with Crippen LogP contribution in [0.2, 0.25) is 0 Å². The zero-order chi connectivity index (χ0) is 18.4. The highest BCUT2D eigenvalue weighted by Gasteiger charge is 2.14. The quantitative estimate of drug-likeness (QED) is 0.520. The SMILES string of the molecule is COc1ccc(/C=C(\C(=O)Nc2ccccc2F)c2ccccc2)cc1. The number of amides is 1. The molecule has 0 unspecified atom stereocenters. The number of hydrogen-bond acceptors (Lipinski definition) is 2.